The fourth-order valence-corrected chi connectivity index (χ4v) is 3.18. The van der Waals surface area contributed by atoms with Crippen molar-refractivity contribution in [2.75, 3.05) is 26.2 Å². The van der Waals surface area contributed by atoms with Gasteiger partial charge in [-0.05, 0) is 44.4 Å². The van der Waals surface area contributed by atoms with Crippen LogP contribution >= 0.6 is 0 Å². The Balaban J connectivity index is 1.86. The lowest BCUT2D eigenvalue weighted by atomic mass is 9.83. The van der Waals surface area contributed by atoms with Crippen molar-refractivity contribution in [3.63, 3.8) is 0 Å². The van der Waals surface area contributed by atoms with Crippen molar-refractivity contribution in [1.82, 2.24) is 10.6 Å². The van der Waals surface area contributed by atoms with E-state index in [1.807, 2.05) is 0 Å². The smallest absolute Gasteiger partial charge is 0.191 e. The standard InChI is InChI=1S/C16H31N3O/c1-3-15(7-5-6-8-15)11-18-14(17-4-2)19-12-16(13-20)9-10-16/h20H,3-13H2,1-2H3,(H2,17,18,19). The molecule has 0 spiro atoms. The Bertz CT molecular complexity index is 331. The monoisotopic (exact) mass is 281 g/mol. The molecule has 2 aliphatic carbocycles. The van der Waals surface area contributed by atoms with Crippen molar-refractivity contribution in [3.05, 3.63) is 0 Å². The first-order valence-corrected chi connectivity index (χ1v) is 8.31. The molecule has 0 heterocycles. The Morgan fingerprint density at radius 2 is 1.75 bits per heavy atom. The number of aliphatic hydroxyl groups excluding tert-OH is 1. The second-order valence-electron chi connectivity index (χ2n) is 6.77. The highest BCUT2D eigenvalue weighted by atomic mass is 16.3. The number of aliphatic hydroxyl groups is 1. The summed E-state index contributed by atoms with van der Waals surface area (Å²) < 4.78 is 0. The first kappa shape index (κ1) is 15.6. The summed E-state index contributed by atoms with van der Waals surface area (Å²) in [6.45, 7) is 7.34. The predicted molar refractivity (Wildman–Crippen MR) is 83.9 cm³/mol. The Morgan fingerprint density at radius 1 is 1.05 bits per heavy atom. The largest absolute Gasteiger partial charge is 0.396 e. The average Bonchev–Trinajstić information content (AvgIpc) is 3.11. The van der Waals surface area contributed by atoms with Crippen molar-refractivity contribution in [2.45, 2.75) is 58.8 Å². The van der Waals surface area contributed by atoms with Crippen LogP contribution in [0.25, 0.3) is 0 Å². The lowest BCUT2D eigenvalue weighted by molar-refractivity contribution is 0.216. The highest BCUT2D eigenvalue weighted by molar-refractivity contribution is 5.79. The van der Waals surface area contributed by atoms with E-state index in [0.29, 0.717) is 5.41 Å². The van der Waals surface area contributed by atoms with Gasteiger partial charge >= 0.3 is 0 Å². The van der Waals surface area contributed by atoms with Gasteiger partial charge in [0.15, 0.2) is 5.96 Å². The third-order valence-corrected chi connectivity index (χ3v) is 5.25. The summed E-state index contributed by atoms with van der Waals surface area (Å²) >= 11 is 0. The maximum Gasteiger partial charge on any atom is 0.191 e. The summed E-state index contributed by atoms with van der Waals surface area (Å²) in [5.41, 5.74) is 0.572. The first-order valence-electron chi connectivity index (χ1n) is 8.31. The van der Waals surface area contributed by atoms with Gasteiger partial charge in [0.05, 0.1) is 13.2 Å². The van der Waals surface area contributed by atoms with Crippen molar-refractivity contribution < 1.29 is 5.11 Å². The topological polar surface area (TPSA) is 56.7 Å². The molecule has 0 unspecified atom stereocenters. The zero-order valence-electron chi connectivity index (χ0n) is 13.2. The highest BCUT2D eigenvalue weighted by Crippen LogP contribution is 2.45. The molecular weight excluding hydrogens is 250 g/mol. The Labute approximate surface area is 123 Å². The van der Waals surface area contributed by atoms with Gasteiger partial charge in [-0.25, -0.2) is 0 Å². The minimum atomic E-state index is 0.0954. The maximum absolute atomic E-state index is 9.37. The van der Waals surface area contributed by atoms with Crippen LogP contribution in [-0.2, 0) is 0 Å². The summed E-state index contributed by atoms with van der Waals surface area (Å²) in [7, 11) is 0. The van der Waals surface area contributed by atoms with Crippen LogP contribution in [-0.4, -0.2) is 37.3 Å². The summed E-state index contributed by atoms with van der Waals surface area (Å²) in [5, 5.41) is 16.2. The van der Waals surface area contributed by atoms with E-state index in [1.54, 1.807) is 0 Å². The molecule has 0 aliphatic heterocycles. The summed E-state index contributed by atoms with van der Waals surface area (Å²) in [6, 6.07) is 0. The normalized spacial score (nSPS) is 23.6. The summed E-state index contributed by atoms with van der Waals surface area (Å²) in [4.78, 5) is 4.68. The van der Waals surface area contributed by atoms with Gasteiger partial charge in [0.2, 0.25) is 0 Å². The third kappa shape index (κ3) is 3.87. The zero-order chi connectivity index (χ0) is 14.5. The van der Waals surface area contributed by atoms with Gasteiger partial charge in [-0.1, -0.05) is 19.8 Å². The molecule has 0 radical (unpaired) electrons. The number of nitrogens with zero attached hydrogens (tertiary/aromatic N) is 1. The maximum atomic E-state index is 9.37. The summed E-state index contributed by atoms with van der Waals surface area (Å²) in [6.07, 6.45) is 8.91. The van der Waals surface area contributed by atoms with E-state index in [1.165, 1.54) is 32.1 Å². The number of guanidine groups is 1. The second kappa shape index (κ2) is 6.79. The van der Waals surface area contributed by atoms with Gasteiger partial charge in [0.1, 0.15) is 0 Å². The van der Waals surface area contributed by atoms with Crippen molar-refractivity contribution in [2.24, 2.45) is 15.8 Å². The number of aliphatic imine (C=N–C) groups is 1. The molecule has 2 rings (SSSR count). The fourth-order valence-electron chi connectivity index (χ4n) is 3.18. The molecule has 0 saturated heterocycles. The quantitative estimate of drug-likeness (QED) is 0.496. The molecule has 4 heteroatoms. The Morgan fingerprint density at radius 3 is 2.25 bits per heavy atom. The van der Waals surface area contributed by atoms with E-state index >= 15 is 0 Å². The molecule has 2 saturated carbocycles. The molecule has 0 amide bonds. The van der Waals surface area contributed by atoms with Gasteiger partial charge in [0, 0.05) is 18.5 Å². The van der Waals surface area contributed by atoms with Crippen LogP contribution in [0.4, 0.5) is 0 Å². The average molecular weight is 281 g/mol. The Kier molecular flexibility index (Phi) is 5.30. The number of nitrogens with one attached hydrogen (secondary N) is 2. The van der Waals surface area contributed by atoms with Crippen LogP contribution in [0.5, 0.6) is 0 Å². The van der Waals surface area contributed by atoms with Gasteiger partial charge in [0.25, 0.3) is 0 Å². The van der Waals surface area contributed by atoms with E-state index < -0.39 is 0 Å². The molecular formula is C16H31N3O. The molecule has 0 aromatic heterocycles. The first-order chi connectivity index (χ1) is 9.67. The molecule has 20 heavy (non-hydrogen) atoms. The van der Waals surface area contributed by atoms with Crippen LogP contribution in [0.1, 0.15) is 58.8 Å². The van der Waals surface area contributed by atoms with E-state index in [4.69, 9.17) is 0 Å². The Hall–Kier alpha value is -0.770. The SMILES string of the molecule is CCNC(=NCC1(CO)CC1)NCC1(CC)CCCC1. The molecule has 0 aromatic carbocycles. The molecule has 0 atom stereocenters. The predicted octanol–water partition coefficient (Wildman–Crippen LogP) is 2.28. The second-order valence-corrected chi connectivity index (χ2v) is 6.77. The summed E-state index contributed by atoms with van der Waals surface area (Å²) in [5.74, 6) is 0.923. The minimum absolute atomic E-state index is 0.0954. The minimum Gasteiger partial charge on any atom is -0.396 e. The zero-order valence-corrected chi connectivity index (χ0v) is 13.2. The van der Waals surface area contributed by atoms with Crippen molar-refractivity contribution >= 4 is 5.96 Å². The van der Waals surface area contributed by atoms with E-state index in [0.717, 1.165) is 38.4 Å². The van der Waals surface area contributed by atoms with E-state index in [2.05, 4.69) is 29.5 Å². The lowest BCUT2D eigenvalue weighted by Gasteiger charge is -2.28. The molecule has 116 valence electrons. The number of rotatable bonds is 7. The fraction of sp³-hybridized carbons (Fsp3) is 0.938. The number of hydrogen-bond donors (Lipinski definition) is 3. The van der Waals surface area contributed by atoms with Crippen LogP contribution in [0, 0.1) is 10.8 Å². The van der Waals surface area contributed by atoms with Crippen LogP contribution < -0.4 is 10.6 Å². The highest BCUT2D eigenvalue weighted by Gasteiger charge is 2.41. The molecule has 4 nitrogen and oxygen atoms in total. The molecule has 0 bridgehead atoms. The van der Waals surface area contributed by atoms with Crippen LogP contribution in [0.3, 0.4) is 0 Å². The lowest BCUT2D eigenvalue weighted by Crippen LogP contribution is -2.43. The number of hydrogen-bond acceptors (Lipinski definition) is 2. The molecule has 3 N–H and O–H groups in total. The van der Waals surface area contributed by atoms with Crippen LogP contribution in [0.15, 0.2) is 4.99 Å². The molecule has 0 aromatic rings. The van der Waals surface area contributed by atoms with Gasteiger partial charge in [-0.3, -0.25) is 4.99 Å². The van der Waals surface area contributed by atoms with E-state index in [-0.39, 0.29) is 12.0 Å². The van der Waals surface area contributed by atoms with Crippen molar-refractivity contribution in [3.8, 4) is 0 Å². The van der Waals surface area contributed by atoms with E-state index in [9.17, 15) is 5.11 Å². The van der Waals surface area contributed by atoms with Gasteiger partial charge in [-0.2, -0.15) is 0 Å². The van der Waals surface area contributed by atoms with Gasteiger partial charge in [-0.15, -0.1) is 0 Å². The third-order valence-electron chi connectivity index (χ3n) is 5.25. The molecule has 2 aliphatic rings. The molecule has 2 fully saturated rings. The van der Waals surface area contributed by atoms with Gasteiger partial charge < -0.3 is 15.7 Å². The van der Waals surface area contributed by atoms with Crippen molar-refractivity contribution in [1.29, 1.82) is 0 Å². The van der Waals surface area contributed by atoms with Crippen LogP contribution in [0.2, 0.25) is 0 Å².